The Morgan fingerprint density at radius 1 is 0.958 bits per heavy atom. The van der Waals surface area contributed by atoms with Crippen LogP contribution >= 0.6 is 0 Å². The van der Waals surface area contributed by atoms with Gasteiger partial charge in [-0.2, -0.15) is 0 Å². The molecule has 0 fully saturated rings. The summed E-state index contributed by atoms with van der Waals surface area (Å²) in [6, 6.07) is 13.5. The normalized spacial score (nSPS) is 10.5. The maximum Gasteiger partial charge on any atom is 0.338 e. The largest absolute Gasteiger partial charge is 0.456 e. The Labute approximate surface area is 138 Å². The molecule has 1 amide bonds. The first-order chi connectivity index (χ1) is 11.5. The second-order valence-electron chi connectivity index (χ2n) is 5.26. The Kier molecular flexibility index (Phi) is 4.20. The summed E-state index contributed by atoms with van der Waals surface area (Å²) in [7, 11) is 0. The third-order valence-corrected chi connectivity index (χ3v) is 3.59. The van der Waals surface area contributed by atoms with E-state index in [0.717, 1.165) is 11.0 Å². The highest BCUT2D eigenvalue weighted by Crippen LogP contribution is 2.14. The molecule has 0 atom stereocenters. The molecule has 6 nitrogen and oxygen atoms in total. The molecule has 0 aliphatic rings. The van der Waals surface area contributed by atoms with Crippen LogP contribution in [0.3, 0.4) is 0 Å². The zero-order chi connectivity index (χ0) is 17.1. The van der Waals surface area contributed by atoms with Crippen LogP contribution < -0.4 is 5.73 Å². The fourth-order valence-corrected chi connectivity index (χ4v) is 2.25. The van der Waals surface area contributed by atoms with Gasteiger partial charge in [0.1, 0.15) is 6.61 Å². The van der Waals surface area contributed by atoms with Crippen molar-refractivity contribution < 1.29 is 14.3 Å². The Bertz CT molecular complexity index is 920. The number of primary amides is 1. The van der Waals surface area contributed by atoms with E-state index in [1.165, 1.54) is 24.3 Å². The fraction of sp³-hybridized carbons (Fsp3) is 0.111. The lowest BCUT2D eigenvalue weighted by molar-refractivity contribution is 0.0466. The molecule has 0 aliphatic carbocycles. The zero-order valence-electron chi connectivity index (χ0n) is 13.0. The number of aromatic nitrogens is 2. The number of esters is 1. The number of rotatable bonds is 4. The molecule has 0 aliphatic heterocycles. The average Bonchev–Trinajstić information content (AvgIpc) is 2.59. The van der Waals surface area contributed by atoms with Crippen molar-refractivity contribution in [2.75, 3.05) is 0 Å². The summed E-state index contributed by atoms with van der Waals surface area (Å²) in [5.41, 5.74) is 8.71. The number of aryl methyl sites for hydroxylation is 1. The van der Waals surface area contributed by atoms with E-state index in [1.54, 1.807) is 0 Å². The minimum Gasteiger partial charge on any atom is -0.456 e. The molecule has 6 heteroatoms. The molecule has 3 rings (SSSR count). The number of fused-ring (bicyclic) bond motifs is 1. The molecular formula is C18H15N3O3. The van der Waals surface area contributed by atoms with Gasteiger partial charge in [0.2, 0.25) is 5.91 Å². The van der Waals surface area contributed by atoms with Crippen LogP contribution in [0.15, 0.2) is 48.5 Å². The summed E-state index contributed by atoms with van der Waals surface area (Å²) in [6.45, 7) is 1.85. The molecule has 120 valence electrons. The summed E-state index contributed by atoms with van der Waals surface area (Å²) >= 11 is 0. The van der Waals surface area contributed by atoms with Crippen molar-refractivity contribution in [1.82, 2.24) is 9.97 Å². The molecule has 24 heavy (non-hydrogen) atoms. The fourth-order valence-electron chi connectivity index (χ4n) is 2.25. The Morgan fingerprint density at radius 2 is 1.54 bits per heavy atom. The van der Waals surface area contributed by atoms with Crippen LogP contribution in [0.4, 0.5) is 0 Å². The predicted octanol–water partition coefficient (Wildman–Crippen LogP) is 2.39. The number of carbonyl (C=O) groups is 2. The molecule has 1 aromatic heterocycles. The standard InChI is InChI=1S/C18H15N3O3/c1-11-16(21-15-5-3-2-4-14(15)20-11)10-24-18(23)13-8-6-12(7-9-13)17(19)22/h2-9H,10H2,1H3,(H2,19,22). The van der Waals surface area contributed by atoms with Crippen LogP contribution in [0.25, 0.3) is 11.0 Å². The van der Waals surface area contributed by atoms with E-state index in [1.807, 2.05) is 31.2 Å². The number of benzene rings is 2. The monoisotopic (exact) mass is 321 g/mol. The van der Waals surface area contributed by atoms with Crippen molar-refractivity contribution in [3.05, 3.63) is 71.0 Å². The van der Waals surface area contributed by atoms with E-state index in [9.17, 15) is 9.59 Å². The number of amides is 1. The third-order valence-electron chi connectivity index (χ3n) is 3.59. The molecule has 3 aromatic rings. The first-order valence-electron chi connectivity index (χ1n) is 7.34. The molecule has 0 saturated carbocycles. The van der Waals surface area contributed by atoms with Crippen LogP contribution in [0.2, 0.25) is 0 Å². The van der Waals surface area contributed by atoms with Gasteiger partial charge >= 0.3 is 5.97 Å². The molecule has 1 heterocycles. The highest BCUT2D eigenvalue weighted by Gasteiger charge is 2.11. The Hall–Kier alpha value is -3.28. The molecule has 0 unspecified atom stereocenters. The molecule has 0 radical (unpaired) electrons. The predicted molar refractivity (Wildman–Crippen MR) is 88.4 cm³/mol. The van der Waals surface area contributed by atoms with Gasteiger partial charge in [-0.3, -0.25) is 4.79 Å². The van der Waals surface area contributed by atoms with Gasteiger partial charge < -0.3 is 10.5 Å². The van der Waals surface area contributed by atoms with Gasteiger partial charge in [-0.1, -0.05) is 12.1 Å². The van der Waals surface area contributed by atoms with Crippen LogP contribution in [-0.4, -0.2) is 21.8 Å². The summed E-state index contributed by atoms with van der Waals surface area (Å²) in [6.07, 6.45) is 0. The van der Waals surface area contributed by atoms with Gasteiger partial charge in [-0.15, -0.1) is 0 Å². The van der Waals surface area contributed by atoms with E-state index in [4.69, 9.17) is 10.5 Å². The smallest absolute Gasteiger partial charge is 0.338 e. The van der Waals surface area contributed by atoms with Gasteiger partial charge in [0.25, 0.3) is 0 Å². The zero-order valence-corrected chi connectivity index (χ0v) is 13.0. The minimum absolute atomic E-state index is 0.0278. The molecule has 0 saturated heterocycles. The van der Waals surface area contributed by atoms with Crippen LogP contribution in [0.5, 0.6) is 0 Å². The second-order valence-corrected chi connectivity index (χ2v) is 5.26. The van der Waals surface area contributed by atoms with Crippen LogP contribution in [0.1, 0.15) is 32.1 Å². The number of ether oxygens (including phenoxy) is 1. The lowest BCUT2D eigenvalue weighted by atomic mass is 10.1. The molecular weight excluding hydrogens is 306 g/mol. The quantitative estimate of drug-likeness (QED) is 0.744. The van der Waals surface area contributed by atoms with E-state index in [0.29, 0.717) is 22.5 Å². The second kappa shape index (κ2) is 6.45. The van der Waals surface area contributed by atoms with E-state index in [-0.39, 0.29) is 6.61 Å². The van der Waals surface area contributed by atoms with Crippen molar-refractivity contribution in [1.29, 1.82) is 0 Å². The van der Waals surface area contributed by atoms with Crippen molar-refractivity contribution in [3.8, 4) is 0 Å². The third kappa shape index (κ3) is 3.22. The highest BCUT2D eigenvalue weighted by molar-refractivity contribution is 5.95. The number of carbonyl (C=O) groups excluding carboxylic acids is 2. The lowest BCUT2D eigenvalue weighted by Gasteiger charge is -2.08. The van der Waals surface area contributed by atoms with E-state index in [2.05, 4.69) is 9.97 Å². The van der Waals surface area contributed by atoms with Crippen molar-refractivity contribution >= 4 is 22.9 Å². The summed E-state index contributed by atoms with van der Waals surface area (Å²) in [4.78, 5) is 32.0. The van der Waals surface area contributed by atoms with Crippen LogP contribution in [-0.2, 0) is 11.3 Å². The van der Waals surface area contributed by atoms with Crippen molar-refractivity contribution in [2.45, 2.75) is 13.5 Å². The van der Waals surface area contributed by atoms with Crippen LogP contribution in [0, 0.1) is 6.92 Å². The Morgan fingerprint density at radius 3 is 2.17 bits per heavy atom. The number of hydrogen-bond acceptors (Lipinski definition) is 5. The maximum absolute atomic E-state index is 12.1. The number of hydrogen-bond donors (Lipinski definition) is 1. The number of nitrogens with zero attached hydrogens (tertiary/aromatic N) is 2. The molecule has 2 N–H and O–H groups in total. The lowest BCUT2D eigenvalue weighted by Crippen LogP contribution is -2.12. The van der Waals surface area contributed by atoms with Crippen molar-refractivity contribution in [2.24, 2.45) is 5.73 Å². The summed E-state index contributed by atoms with van der Waals surface area (Å²) in [5.74, 6) is -1.04. The Balaban J connectivity index is 1.74. The van der Waals surface area contributed by atoms with Gasteiger partial charge in [-0.05, 0) is 43.3 Å². The minimum atomic E-state index is -0.544. The summed E-state index contributed by atoms with van der Waals surface area (Å²) < 4.78 is 5.29. The van der Waals surface area contributed by atoms with Gasteiger partial charge in [0.15, 0.2) is 0 Å². The highest BCUT2D eigenvalue weighted by atomic mass is 16.5. The maximum atomic E-state index is 12.1. The number of nitrogens with two attached hydrogens (primary N) is 1. The SMILES string of the molecule is Cc1nc2ccccc2nc1COC(=O)c1ccc(C(N)=O)cc1. The van der Waals surface area contributed by atoms with Gasteiger partial charge in [-0.25, -0.2) is 14.8 Å². The van der Waals surface area contributed by atoms with Gasteiger partial charge in [0.05, 0.1) is 28.0 Å². The van der Waals surface area contributed by atoms with E-state index < -0.39 is 11.9 Å². The molecule has 0 spiro atoms. The van der Waals surface area contributed by atoms with Crippen molar-refractivity contribution in [3.63, 3.8) is 0 Å². The number of para-hydroxylation sites is 2. The van der Waals surface area contributed by atoms with E-state index >= 15 is 0 Å². The molecule has 2 aromatic carbocycles. The van der Waals surface area contributed by atoms with Gasteiger partial charge in [0, 0.05) is 5.56 Å². The topological polar surface area (TPSA) is 95.2 Å². The first kappa shape index (κ1) is 15.6. The summed E-state index contributed by atoms with van der Waals surface area (Å²) in [5, 5.41) is 0. The molecule has 0 bridgehead atoms. The average molecular weight is 321 g/mol. The first-order valence-corrected chi connectivity index (χ1v) is 7.34.